The van der Waals surface area contributed by atoms with Crippen LogP contribution < -0.4 is 0 Å². The zero-order chi connectivity index (χ0) is 20.5. The van der Waals surface area contributed by atoms with Crippen molar-refractivity contribution in [2.24, 2.45) is 0 Å². The molecule has 0 amide bonds. The number of benzene rings is 4. The maximum Gasteiger partial charge on any atom is 0.165 e. The minimum absolute atomic E-state index is 0.0158. The second kappa shape index (κ2) is 7.28. The van der Waals surface area contributed by atoms with Crippen molar-refractivity contribution in [2.75, 3.05) is 0 Å². The molecule has 0 atom stereocenters. The lowest BCUT2D eigenvalue weighted by atomic mass is 9.91. The highest BCUT2D eigenvalue weighted by Gasteiger charge is 2.18. The van der Waals surface area contributed by atoms with E-state index in [1.54, 1.807) is 60.7 Å². The minimum atomic E-state index is -0.279. The number of hydrogen-bond donors (Lipinski definition) is 5. The van der Waals surface area contributed by atoms with Crippen molar-refractivity contribution in [1.82, 2.24) is 0 Å². The Morgan fingerprint density at radius 3 is 1.69 bits per heavy atom. The van der Waals surface area contributed by atoms with Gasteiger partial charge in [-0.1, -0.05) is 30.3 Å². The molecule has 0 radical (unpaired) electrons. The first-order chi connectivity index (χ1) is 13.9. The smallest absolute Gasteiger partial charge is 0.165 e. The second-order valence-electron chi connectivity index (χ2n) is 7.08. The fourth-order valence-electron chi connectivity index (χ4n) is 3.59. The third kappa shape index (κ3) is 3.62. The molecule has 4 aromatic rings. The Balaban J connectivity index is 1.86. The third-order valence-electron chi connectivity index (χ3n) is 5.07. The lowest BCUT2D eigenvalue weighted by Gasteiger charge is -2.15. The zero-order valence-corrected chi connectivity index (χ0v) is 15.5. The summed E-state index contributed by atoms with van der Waals surface area (Å²) in [7, 11) is 0. The van der Waals surface area contributed by atoms with Gasteiger partial charge >= 0.3 is 0 Å². The molecule has 5 N–H and O–H groups in total. The van der Waals surface area contributed by atoms with Crippen molar-refractivity contribution in [3.63, 3.8) is 0 Å². The normalized spacial score (nSPS) is 11.0. The molecular weight excluding hydrogens is 368 g/mol. The molecule has 0 aliphatic heterocycles. The summed E-state index contributed by atoms with van der Waals surface area (Å²) in [6.07, 6.45) is 0.799. The Morgan fingerprint density at radius 1 is 0.552 bits per heavy atom. The van der Waals surface area contributed by atoms with Gasteiger partial charge in [0.15, 0.2) is 11.5 Å². The SMILES string of the molecule is Oc1ccc(Cc2cc(O)c(O)c3c(Cc4ccc(O)cc4)c(O)ccc23)cc1. The van der Waals surface area contributed by atoms with Crippen LogP contribution in [0.15, 0.2) is 66.7 Å². The van der Waals surface area contributed by atoms with E-state index in [1.165, 1.54) is 6.07 Å². The molecule has 0 fully saturated rings. The van der Waals surface area contributed by atoms with Gasteiger partial charge in [-0.2, -0.15) is 0 Å². The summed E-state index contributed by atoms with van der Waals surface area (Å²) >= 11 is 0. The molecule has 0 bridgehead atoms. The quantitative estimate of drug-likeness (QED) is 0.330. The van der Waals surface area contributed by atoms with Gasteiger partial charge in [0, 0.05) is 17.4 Å². The average Bonchev–Trinajstić information content (AvgIpc) is 2.71. The Kier molecular flexibility index (Phi) is 4.64. The molecule has 5 nitrogen and oxygen atoms in total. The topological polar surface area (TPSA) is 101 Å². The van der Waals surface area contributed by atoms with Crippen LogP contribution in [0.1, 0.15) is 22.3 Å². The molecule has 0 unspecified atom stereocenters. The van der Waals surface area contributed by atoms with E-state index in [9.17, 15) is 25.5 Å². The summed E-state index contributed by atoms with van der Waals surface area (Å²) in [5.74, 6) is -0.203. The number of hydrogen-bond acceptors (Lipinski definition) is 5. The Labute approximate surface area is 167 Å². The molecular formula is C24H20O5. The van der Waals surface area contributed by atoms with Gasteiger partial charge in [0.1, 0.15) is 17.2 Å². The fourth-order valence-corrected chi connectivity index (χ4v) is 3.59. The van der Waals surface area contributed by atoms with Crippen molar-refractivity contribution in [3.05, 3.63) is 89.0 Å². The van der Waals surface area contributed by atoms with Gasteiger partial charge in [-0.3, -0.25) is 0 Å². The van der Waals surface area contributed by atoms with Crippen LogP contribution in [0, 0.1) is 0 Å². The monoisotopic (exact) mass is 388 g/mol. The van der Waals surface area contributed by atoms with E-state index >= 15 is 0 Å². The molecule has 4 rings (SSSR count). The third-order valence-corrected chi connectivity index (χ3v) is 5.07. The number of phenolic OH excluding ortho intramolecular Hbond substituents is 5. The number of fused-ring (bicyclic) bond motifs is 1. The Bertz CT molecular complexity index is 1180. The maximum absolute atomic E-state index is 10.6. The van der Waals surface area contributed by atoms with E-state index < -0.39 is 0 Å². The van der Waals surface area contributed by atoms with Gasteiger partial charge in [-0.15, -0.1) is 0 Å². The van der Waals surface area contributed by atoms with Gasteiger partial charge in [0.05, 0.1) is 0 Å². The molecule has 0 aliphatic rings. The number of aromatic hydroxyl groups is 5. The van der Waals surface area contributed by atoms with Crippen LogP contribution in [-0.2, 0) is 12.8 Å². The van der Waals surface area contributed by atoms with Gasteiger partial charge in [-0.05, 0) is 64.9 Å². The first kappa shape index (κ1) is 18.5. The van der Waals surface area contributed by atoms with E-state index in [1.807, 2.05) is 0 Å². The lowest BCUT2D eigenvalue weighted by molar-refractivity contribution is 0.407. The second-order valence-corrected chi connectivity index (χ2v) is 7.08. The van der Waals surface area contributed by atoms with Crippen molar-refractivity contribution in [2.45, 2.75) is 12.8 Å². The minimum Gasteiger partial charge on any atom is -0.508 e. The molecule has 0 saturated carbocycles. The van der Waals surface area contributed by atoms with Gasteiger partial charge in [0.25, 0.3) is 0 Å². The number of rotatable bonds is 4. The standard InChI is InChI=1S/C24H20O5/c25-17-5-1-14(2-6-17)11-16-13-22(28)24(29)23-19(16)9-10-21(27)20(23)12-15-3-7-18(26)8-4-15/h1-10,13,25-29H,11-12H2. The maximum atomic E-state index is 10.6. The van der Waals surface area contributed by atoms with Crippen LogP contribution >= 0.6 is 0 Å². The first-order valence-corrected chi connectivity index (χ1v) is 9.16. The predicted octanol–water partition coefficient (Wildman–Crippen LogP) is 4.55. The molecule has 0 aromatic heterocycles. The molecule has 0 saturated heterocycles. The molecule has 0 spiro atoms. The van der Waals surface area contributed by atoms with Gasteiger partial charge in [0.2, 0.25) is 0 Å². The Hall–Kier alpha value is -3.86. The van der Waals surface area contributed by atoms with E-state index in [-0.39, 0.29) is 28.7 Å². The largest absolute Gasteiger partial charge is 0.508 e. The molecule has 0 aliphatic carbocycles. The van der Waals surface area contributed by atoms with E-state index in [0.29, 0.717) is 23.8 Å². The first-order valence-electron chi connectivity index (χ1n) is 9.16. The van der Waals surface area contributed by atoms with Crippen molar-refractivity contribution in [1.29, 1.82) is 0 Å². The average molecular weight is 388 g/mol. The van der Waals surface area contributed by atoms with Crippen molar-refractivity contribution >= 4 is 10.8 Å². The zero-order valence-electron chi connectivity index (χ0n) is 15.5. The summed E-state index contributed by atoms with van der Waals surface area (Å²) < 4.78 is 0. The van der Waals surface area contributed by atoms with Crippen LogP contribution in [0.3, 0.4) is 0 Å². The summed E-state index contributed by atoms with van der Waals surface area (Å²) in [5, 5.41) is 51.5. The van der Waals surface area contributed by atoms with Crippen LogP contribution in [0.25, 0.3) is 10.8 Å². The van der Waals surface area contributed by atoms with E-state index in [0.717, 1.165) is 22.1 Å². The molecule has 29 heavy (non-hydrogen) atoms. The van der Waals surface area contributed by atoms with E-state index in [2.05, 4.69) is 0 Å². The van der Waals surface area contributed by atoms with E-state index in [4.69, 9.17) is 0 Å². The van der Waals surface area contributed by atoms with Crippen molar-refractivity contribution < 1.29 is 25.5 Å². The van der Waals surface area contributed by atoms with Crippen LogP contribution in [0.4, 0.5) is 0 Å². The Morgan fingerprint density at radius 2 is 1.10 bits per heavy atom. The highest BCUT2D eigenvalue weighted by Crippen LogP contribution is 2.42. The van der Waals surface area contributed by atoms with Crippen LogP contribution in [0.2, 0.25) is 0 Å². The van der Waals surface area contributed by atoms with Gasteiger partial charge < -0.3 is 25.5 Å². The lowest BCUT2D eigenvalue weighted by Crippen LogP contribution is -1.96. The summed E-state index contributed by atoms with van der Waals surface area (Å²) in [4.78, 5) is 0. The number of phenols is 5. The molecule has 4 aromatic carbocycles. The highest BCUT2D eigenvalue weighted by atomic mass is 16.3. The highest BCUT2D eigenvalue weighted by molar-refractivity contribution is 5.97. The fraction of sp³-hybridized carbons (Fsp3) is 0.0833. The molecule has 0 heterocycles. The summed E-state index contributed by atoms with van der Waals surface area (Å²) in [5.41, 5.74) is 3.05. The molecule has 146 valence electrons. The van der Waals surface area contributed by atoms with Crippen molar-refractivity contribution in [3.8, 4) is 28.7 Å². The predicted molar refractivity (Wildman–Crippen MR) is 111 cm³/mol. The summed E-state index contributed by atoms with van der Waals surface area (Å²) in [6, 6.07) is 18.2. The summed E-state index contributed by atoms with van der Waals surface area (Å²) in [6.45, 7) is 0. The van der Waals surface area contributed by atoms with Gasteiger partial charge in [-0.25, -0.2) is 0 Å². The molecule has 5 heteroatoms. The van der Waals surface area contributed by atoms with Crippen LogP contribution in [-0.4, -0.2) is 25.5 Å². The van der Waals surface area contributed by atoms with Crippen LogP contribution in [0.5, 0.6) is 28.7 Å².